The molecule has 1 aliphatic heterocycles. The Bertz CT molecular complexity index is 983. The molecule has 0 spiro atoms. The van der Waals surface area contributed by atoms with Crippen LogP contribution in [0.25, 0.3) is 6.08 Å². The summed E-state index contributed by atoms with van der Waals surface area (Å²) in [4.78, 5) is 14.7. The molecule has 6 nitrogen and oxygen atoms in total. The summed E-state index contributed by atoms with van der Waals surface area (Å²) in [6, 6.07) is 17.5. The van der Waals surface area contributed by atoms with Gasteiger partial charge in [-0.1, -0.05) is 67.4 Å². The molecule has 0 aromatic heterocycles. The number of nitrogens with one attached hydrogen (secondary N) is 2. The van der Waals surface area contributed by atoms with Gasteiger partial charge in [-0.3, -0.25) is 9.69 Å². The van der Waals surface area contributed by atoms with Crippen LogP contribution in [0, 0.1) is 0 Å². The Morgan fingerprint density at radius 1 is 0.938 bits per heavy atom. The van der Waals surface area contributed by atoms with E-state index < -0.39 is 10.0 Å². The standard InChI is InChI=1S/C25H33N3O3S/c29-25(13-15-27-32(30,31)18-14-22-9-4-3-5-10-22)26-20-23-11-8-12-24(19-23)21-28-16-6-1-2-7-17-28/h3-5,8-12,14,18-19,27H,1-2,6-7,13,15-17,20-21H2,(H,26,29)/b18-14+. The largest absolute Gasteiger partial charge is 0.352 e. The molecule has 0 radical (unpaired) electrons. The summed E-state index contributed by atoms with van der Waals surface area (Å²) in [5.74, 6) is -0.183. The molecule has 7 heteroatoms. The number of hydrogen-bond acceptors (Lipinski definition) is 4. The molecule has 0 atom stereocenters. The minimum Gasteiger partial charge on any atom is -0.352 e. The van der Waals surface area contributed by atoms with Crippen molar-refractivity contribution >= 4 is 22.0 Å². The summed E-state index contributed by atoms with van der Waals surface area (Å²) < 4.78 is 26.5. The molecule has 1 heterocycles. The predicted molar refractivity (Wildman–Crippen MR) is 129 cm³/mol. The molecule has 0 bridgehead atoms. The van der Waals surface area contributed by atoms with Gasteiger partial charge in [0.15, 0.2) is 0 Å². The van der Waals surface area contributed by atoms with Gasteiger partial charge in [-0.15, -0.1) is 0 Å². The van der Waals surface area contributed by atoms with E-state index in [2.05, 4.69) is 27.1 Å². The van der Waals surface area contributed by atoms with E-state index in [9.17, 15) is 13.2 Å². The zero-order valence-corrected chi connectivity index (χ0v) is 19.3. The highest BCUT2D eigenvalue weighted by Gasteiger charge is 2.10. The fourth-order valence-electron chi connectivity index (χ4n) is 3.77. The summed E-state index contributed by atoms with van der Waals surface area (Å²) in [5.41, 5.74) is 3.11. The molecule has 2 N–H and O–H groups in total. The van der Waals surface area contributed by atoms with Crippen LogP contribution in [-0.2, 0) is 27.9 Å². The van der Waals surface area contributed by atoms with Gasteiger partial charge in [0.05, 0.1) is 0 Å². The minimum atomic E-state index is -3.58. The van der Waals surface area contributed by atoms with E-state index in [0.717, 1.165) is 36.2 Å². The zero-order valence-electron chi connectivity index (χ0n) is 18.5. The Labute approximate surface area is 191 Å². The van der Waals surface area contributed by atoms with Crippen LogP contribution >= 0.6 is 0 Å². The van der Waals surface area contributed by atoms with Gasteiger partial charge >= 0.3 is 0 Å². The van der Waals surface area contributed by atoms with Gasteiger partial charge in [-0.05, 0) is 48.7 Å². The third-order valence-electron chi connectivity index (χ3n) is 5.48. The lowest BCUT2D eigenvalue weighted by molar-refractivity contribution is -0.121. The molecule has 1 aliphatic rings. The first-order valence-corrected chi connectivity index (χ1v) is 12.8. The van der Waals surface area contributed by atoms with Gasteiger partial charge < -0.3 is 5.32 Å². The molecular weight excluding hydrogens is 422 g/mol. The van der Waals surface area contributed by atoms with Crippen LogP contribution in [0.3, 0.4) is 0 Å². The van der Waals surface area contributed by atoms with E-state index in [1.54, 1.807) is 0 Å². The van der Waals surface area contributed by atoms with Crippen LogP contribution in [-0.4, -0.2) is 38.9 Å². The molecule has 0 unspecified atom stereocenters. The highest BCUT2D eigenvalue weighted by Crippen LogP contribution is 2.14. The Kier molecular flexibility index (Phi) is 9.46. The van der Waals surface area contributed by atoms with Crippen molar-refractivity contribution in [3.05, 3.63) is 76.7 Å². The number of hydrogen-bond donors (Lipinski definition) is 2. The average molecular weight is 456 g/mol. The highest BCUT2D eigenvalue weighted by atomic mass is 32.2. The van der Waals surface area contributed by atoms with Crippen LogP contribution in [0.15, 0.2) is 60.0 Å². The topological polar surface area (TPSA) is 78.5 Å². The summed E-state index contributed by atoms with van der Waals surface area (Å²) in [7, 11) is -3.58. The van der Waals surface area contributed by atoms with E-state index in [1.165, 1.54) is 37.3 Å². The molecule has 32 heavy (non-hydrogen) atoms. The van der Waals surface area contributed by atoms with Crippen molar-refractivity contribution in [1.29, 1.82) is 0 Å². The predicted octanol–water partition coefficient (Wildman–Crippen LogP) is 3.66. The monoisotopic (exact) mass is 455 g/mol. The van der Waals surface area contributed by atoms with Crippen molar-refractivity contribution < 1.29 is 13.2 Å². The second-order valence-corrected chi connectivity index (χ2v) is 9.84. The van der Waals surface area contributed by atoms with Crippen molar-refractivity contribution in [2.45, 2.75) is 45.2 Å². The Hall–Kier alpha value is -2.48. The van der Waals surface area contributed by atoms with E-state index >= 15 is 0 Å². The molecule has 3 rings (SSSR count). The summed E-state index contributed by atoms with van der Waals surface area (Å²) in [6.45, 7) is 3.74. The zero-order chi connectivity index (χ0) is 22.7. The molecule has 0 aliphatic carbocycles. The molecule has 1 saturated heterocycles. The lowest BCUT2D eigenvalue weighted by Gasteiger charge is -2.20. The van der Waals surface area contributed by atoms with E-state index in [0.29, 0.717) is 6.54 Å². The Balaban J connectivity index is 1.39. The number of sulfonamides is 1. The molecule has 2 aromatic carbocycles. The number of carbonyl (C=O) groups excluding carboxylic acids is 1. The summed E-state index contributed by atoms with van der Waals surface area (Å²) in [6.07, 6.45) is 6.79. The van der Waals surface area contributed by atoms with E-state index in [1.807, 2.05) is 42.5 Å². The lowest BCUT2D eigenvalue weighted by atomic mass is 10.1. The SMILES string of the molecule is O=C(CCNS(=O)(=O)/C=C/c1ccccc1)NCc1cccc(CN2CCCCCC2)c1. The third kappa shape index (κ3) is 8.94. The van der Waals surface area contributed by atoms with Crippen LogP contribution in [0.2, 0.25) is 0 Å². The smallest absolute Gasteiger partial charge is 0.233 e. The van der Waals surface area contributed by atoms with Crippen molar-refractivity contribution in [2.75, 3.05) is 19.6 Å². The van der Waals surface area contributed by atoms with Crippen molar-refractivity contribution in [1.82, 2.24) is 14.9 Å². The first-order chi connectivity index (χ1) is 15.5. The fraction of sp³-hybridized carbons (Fsp3) is 0.400. The molecule has 1 amide bonds. The number of benzene rings is 2. The average Bonchev–Trinajstić information content (AvgIpc) is 3.06. The first-order valence-electron chi connectivity index (χ1n) is 11.3. The summed E-state index contributed by atoms with van der Waals surface area (Å²) in [5, 5.41) is 4.00. The molecule has 1 fully saturated rings. The Morgan fingerprint density at radius 2 is 1.66 bits per heavy atom. The number of nitrogens with zero attached hydrogens (tertiary/aromatic N) is 1. The number of amides is 1. The van der Waals surface area contributed by atoms with Gasteiger partial charge in [0.1, 0.15) is 0 Å². The van der Waals surface area contributed by atoms with Crippen LogP contribution in [0.1, 0.15) is 48.8 Å². The van der Waals surface area contributed by atoms with Gasteiger partial charge in [0, 0.05) is 31.5 Å². The number of rotatable bonds is 10. The minimum absolute atomic E-state index is 0.0578. The normalized spacial score (nSPS) is 15.5. The van der Waals surface area contributed by atoms with Crippen LogP contribution < -0.4 is 10.0 Å². The van der Waals surface area contributed by atoms with Gasteiger partial charge in [-0.2, -0.15) is 0 Å². The molecule has 172 valence electrons. The quantitative estimate of drug-likeness (QED) is 0.573. The second-order valence-electron chi connectivity index (χ2n) is 8.19. The van der Waals surface area contributed by atoms with Crippen molar-refractivity contribution in [3.63, 3.8) is 0 Å². The van der Waals surface area contributed by atoms with E-state index in [4.69, 9.17) is 0 Å². The summed E-state index contributed by atoms with van der Waals surface area (Å²) >= 11 is 0. The van der Waals surface area contributed by atoms with Crippen LogP contribution in [0.5, 0.6) is 0 Å². The molecular formula is C25H33N3O3S. The molecule has 0 saturated carbocycles. The Morgan fingerprint density at radius 3 is 2.41 bits per heavy atom. The maximum Gasteiger partial charge on any atom is 0.233 e. The lowest BCUT2D eigenvalue weighted by Crippen LogP contribution is -2.29. The van der Waals surface area contributed by atoms with Gasteiger partial charge in [0.25, 0.3) is 0 Å². The fourth-order valence-corrected chi connectivity index (χ4v) is 4.59. The number of carbonyl (C=O) groups is 1. The van der Waals surface area contributed by atoms with E-state index in [-0.39, 0.29) is 18.9 Å². The van der Waals surface area contributed by atoms with Crippen molar-refractivity contribution in [3.8, 4) is 0 Å². The maximum atomic E-state index is 12.1. The first kappa shape index (κ1) is 24.2. The second kappa shape index (κ2) is 12.5. The number of likely N-dealkylation sites (tertiary alicyclic amines) is 1. The van der Waals surface area contributed by atoms with Crippen LogP contribution in [0.4, 0.5) is 0 Å². The highest BCUT2D eigenvalue weighted by molar-refractivity contribution is 7.92. The van der Waals surface area contributed by atoms with Crippen molar-refractivity contribution in [2.24, 2.45) is 0 Å². The maximum absolute atomic E-state index is 12.1. The van der Waals surface area contributed by atoms with Gasteiger partial charge in [0.2, 0.25) is 15.9 Å². The van der Waals surface area contributed by atoms with Gasteiger partial charge in [-0.25, -0.2) is 13.1 Å². The third-order valence-corrected chi connectivity index (χ3v) is 6.58. The molecule has 2 aromatic rings.